The fraction of sp³-hybridized carbons (Fsp3) is 0.409. The highest BCUT2D eigenvalue weighted by Gasteiger charge is 2.24. The van der Waals surface area contributed by atoms with Crippen LogP contribution in [0.2, 0.25) is 0 Å². The number of carbonyl (C=O) groups is 1. The van der Waals surface area contributed by atoms with E-state index in [0.29, 0.717) is 18.3 Å². The van der Waals surface area contributed by atoms with E-state index in [2.05, 4.69) is 9.62 Å². The van der Waals surface area contributed by atoms with Gasteiger partial charge >= 0.3 is 5.97 Å². The first kappa shape index (κ1) is 23.0. The van der Waals surface area contributed by atoms with Crippen molar-refractivity contribution in [2.75, 3.05) is 42.9 Å². The number of halogens is 1. The van der Waals surface area contributed by atoms with E-state index in [1.807, 2.05) is 18.0 Å². The van der Waals surface area contributed by atoms with Crippen LogP contribution in [-0.2, 0) is 19.6 Å². The van der Waals surface area contributed by atoms with Crippen molar-refractivity contribution in [1.82, 2.24) is 4.90 Å². The molecule has 1 aliphatic heterocycles. The van der Waals surface area contributed by atoms with E-state index >= 15 is 0 Å². The molecular formula is C22H28FN3O4S. The second-order valence-electron chi connectivity index (χ2n) is 7.55. The van der Waals surface area contributed by atoms with Crippen LogP contribution in [0.15, 0.2) is 53.4 Å². The third-order valence-corrected chi connectivity index (χ3v) is 6.76. The molecule has 3 rings (SSSR count). The number of rotatable bonds is 8. The first-order chi connectivity index (χ1) is 14.8. The number of ether oxygens (including phenoxy) is 1. The van der Waals surface area contributed by atoms with E-state index in [-0.39, 0.29) is 17.4 Å². The molecule has 2 aromatic rings. The summed E-state index contributed by atoms with van der Waals surface area (Å²) in [6.07, 6.45) is 1.78. The van der Waals surface area contributed by atoms with E-state index in [4.69, 9.17) is 4.74 Å². The summed E-state index contributed by atoms with van der Waals surface area (Å²) in [5.41, 5.74) is 1.37. The van der Waals surface area contributed by atoms with Gasteiger partial charge in [0.05, 0.1) is 23.7 Å². The quantitative estimate of drug-likeness (QED) is 0.624. The highest BCUT2D eigenvalue weighted by Crippen LogP contribution is 2.26. The smallest absolute Gasteiger partial charge is 0.320 e. The zero-order valence-electron chi connectivity index (χ0n) is 17.8. The number of likely N-dealkylation sites (N-methyl/N-ethyl adjacent to an activating group) is 1. The van der Waals surface area contributed by atoms with Crippen LogP contribution >= 0.6 is 0 Å². The normalized spacial score (nSPS) is 15.2. The Hall–Kier alpha value is -2.65. The molecule has 0 bridgehead atoms. The van der Waals surface area contributed by atoms with Gasteiger partial charge in [0.15, 0.2) is 0 Å². The molecule has 0 aliphatic carbocycles. The van der Waals surface area contributed by atoms with Gasteiger partial charge in [-0.05, 0) is 69.3 Å². The monoisotopic (exact) mass is 449 g/mol. The molecule has 0 unspecified atom stereocenters. The number of hydrogen-bond donors (Lipinski definition) is 1. The lowest BCUT2D eigenvalue weighted by molar-refractivity contribution is -0.144. The van der Waals surface area contributed by atoms with E-state index in [0.717, 1.165) is 43.8 Å². The minimum atomic E-state index is -3.80. The molecule has 1 N–H and O–H groups in total. The standard InChI is InChI=1S/C22H28FN3O4S/c1-3-30-22(27)16-25(2)19-11-13-26(14-12-19)20-6-4-5-18(15-20)24-31(28,29)21-9-7-17(23)8-10-21/h4-10,15,19,24H,3,11-14,16H2,1-2H3. The number of sulfonamides is 1. The summed E-state index contributed by atoms with van der Waals surface area (Å²) in [6.45, 7) is 4.05. The molecule has 0 radical (unpaired) electrons. The summed E-state index contributed by atoms with van der Waals surface area (Å²) >= 11 is 0. The minimum Gasteiger partial charge on any atom is -0.465 e. The maximum Gasteiger partial charge on any atom is 0.320 e. The van der Waals surface area contributed by atoms with Crippen LogP contribution in [0.3, 0.4) is 0 Å². The predicted octanol–water partition coefficient (Wildman–Crippen LogP) is 3.09. The van der Waals surface area contributed by atoms with Crippen molar-refractivity contribution in [3.05, 3.63) is 54.3 Å². The van der Waals surface area contributed by atoms with Crippen LogP contribution in [-0.4, -0.2) is 58.6 Å². The molecule has 0 saturated carbocycles. The molecule has 0 atom stereocenters. The molecule has 31 heavy (non-hydrogen) atoms. The Kier molecular flexibility index (Phi) is 7.50. The van der Waals surface area contributed by atoms with Crippen LogP contribution in [0.4, 0.5) is 15.8 Å². The Morgan fingerprint density at radius 2 is 1.87 bits per heavy atom. The van der Waals surface area contributed by atoms with Gasteiger partial charge in [0, 0.05) is 24.8 Å². The average molecular weight is 450 g/mol. The fourth-order valence-corrected chi connectivity index (χ4v) is 4.75. The minimum absolute atomic E-state index is 0.00440. The first-order valence-corrected chi connectivity index (χ1v) is 11.8. The van der Waals surface area contributed by atoms with Crippen molar-refractivity contribution < 1.29 is 22.3 Å². The molecule has 0 amide bonds. The zero-order chi connectivity index (χ0) is 22.4. The van der Waals surface area contributed by atoms with Crippen molar-refractivity contribution in [1.29, 1.82) is 0 Å². The summed E-state index contributed by atoms with van der Waals surface area (Å²) in [5, 5.41) is 0. The van der Waals surface area contributed by atoms with Crippen molar-refractivity contribution >= 4 is 27.4 Å². The van der Waals surface area contributed by atoms with Gasteiger partial charge in [-0.3, -0.25) is 14.4 Å². The third kappa shape index (κ3) is 6.18. The highest BCUT2D eigenvalue weighted by molar-refractivity contribution is 7.92. The Morgan fingerprint density at radius 1 is 1.19 bits per heavy atom. The highest BCUT2D eigenvalue weighted by atomic mass is 32.2. The zero-order valence-corrected chi connectivity index (χ0v) is 18.6. The molecule has 0 aromatic heterocycles. The molecular weight excluding hydrogens is 421 g/mol. The lowest BCUT2D eigenvalue weighted by atomic mass is 10.0. The second-order valence-corrected chi connectivity index (χ2v) is 9.23. The van der Waals surface area contributed by atoms with Gasteiger partial charge in [0.2, 0.25) is 0 Å². The largest absolute Gasteiger partial charge is 0.465 e. The molecule has 7 nitrogen and oxygen atoms in total. The van der Waals surface area contributed by atoms with Crippen molar-refractivity contribution in [2.24, 2.45) is 0 Å². The molecule has 1 saturated heterocycles. The number of benzene rings is 2. The number of nitrogens with one attached hydrogen (secondary N) is 1. The summed E-state index contributed by atoms with van der Waals surface area (Å²) in [5.74, 6) is -0.703. The number of carbonyl (C=O) groups excluding carboxylic acids is 1. The average Bonchev–Trinajstić information content (AvgIpc) is 2.74. The van der Waals surface area contributed by atoms with E-state index < -0.39 is 15.8 Å². The van der Waals surface area contributed by atoms with Crippen LogP contribution in [0.1, 0.15) is 19.8 Å². The maximum absolute atomic E-state index is 13.1. The second kappa shape index (κ2) is 10.1. The van der Waals surface area contributed by atoms with Gasteiger partial charge in [-0.1, -0.05) is 6.07 Å². The van der Waals surface area contributed by atoms with Crippen LogP contribution in [0, 0.1) is 5.82 Å². The van der Waals surface area contributed by atoms with Crippen LogP contribution < -0.4 is 9.62 Å². The summed E-state index contributed by atoms with van der Waals surface area (Å²) < 4.78 is 45.8. The molecule has 168 valence electrons. The SMILES string of the molecule is CCOC(=O)CN(C)C1CCN(c2cccc(NS(=O)(=O)c3ccc(F)cc3)c2)CC1. The number of piperidine rings is 1. The molecule has 1 heterocycles. The molecule has 1 fully saturated rings. The Bertz CT molecular complexity index is 990. The number of nitrogens with zero attached hydrogens (tertiary/aromatic N) is 2. The van der Waals surface area contributed by atoms with Gasteiger partial charge in [-0.15, -0.1) is 0 Å². The van der Waals surface area contributed by atoms with E-state index in [1.54, 1.807) is 25.1 Å². The number of esters is 1. The van der Waals surface area contributed by atoms with Crippen LogP contribution in [0.25, 0.3) is 0 Å². The summed E-state index contributed by atoms with van der Waals surface area (Å²) in [4.78, 5) is 15.9. The summed E-state index contributed by atoms with van der Waals surface area (Å²) in [6, 6.07) is 12.2. The Balaban J connectivity index is 1.61. The Morgan fingerprint density at radius 3 is 2.52 bits per heavy atom. The summed E-state index contributed by atoms with van der Waals surface area (Å²) in [7, 11) is -1.87. The molecule has 9 heteroatoms. The number of anilines is 2. The fourth-order valence-electron chi connectivity index (χ4n) is 3.70. The van der Waals surface area contributed by atoms with Crippen molar-refractivity contribution in [3.8, 4) is 0 Å². The lowest BCUT2D eigenvalue weighted by Crippen LogP contribution is -2.45. The molecule has 1 aliphatic rings. The Labute approximate surface area is 182 Å². The van der Waals surface area contributed by atoms with Crippen molar-refractivity contribution in [3.63, 3.8) is 0 Å². The number of hydrogen-bond acceptors (Lipinski definition) is 6. The van der Waals surface area contributed by atoms with E-state index in [1.165, 1.54) is 12.1 Å². The van der Waals surface area contributed by atoms with Gasteiger partial charge in [0.25, 0.3) is 10.0 Å². The van der Waals surface area contributed by atoms with E-state index in [9.17, 15) is 17.6 Å². The third-order valence-electron chi connectivity index (χ3n) is 5.36. The molecule has 0 spiro atoms. The van der Waals surface area contributed by atoms with Gasteiger partial charge in [-0.25, -0.2) is 12.8 Å². The van der Waals surface area contributed by atoms with Gasteiger partial charge < -0.3 is 9.64 Å². The first-order valence-electron chi connectivity index (χ1n) is 10.3. The van der Waals surface area contributed by atoms with Crippen LogP contribution in [0.5, 0.6) is 0 Å². The maximum atomic E-state index is 13.1. The van der Waals surface area contributed by atoms with Gasteiger partial charge in [0.1, 0.15) is 5.82 Å². The van der Waals surface area contributed by atoms with Gasteiger partial charge in [-0.2, -0.15) is 0 Å². The lowest BCUT2D eigenvalue weighted by Gasteiger charge is -2.37. The predicted molar refractivity (Wildman–Crippen MR) is 118 cm³/mol. The topological polar surface area (TPSA) is 79.0 Å². The molecule has 2 aromatic carbocycles. The van der Waals surface area contributed by atoms with Crippen molar-refractivity contribution in [2.45, 2.75) is 30.7 Å².